The molecule has 3 heterocycles. The van der Waals surface area contributed by atoms with Crippen molar-refractivity contribution in [3.8, 4) is 0 Å². The number of amides is 1. The van der Waals surface area contributed by atoms with Gasteiger partial charge in [0.05, 0.1) is 6.54 Å². The average Bonchev–Trinajstić information content (AvgIpc) is 3.15. The number of nitrogens with zero attached hydrogens (tertiary/aromatic N) is 2. The summed E-state index contributed by atoms with van der Waals surface area (Å²) in [6.45, 7) is 10.8. The van der Waals surface area contributed by atoms with Crippen molar-refractivity contribution >= 4 is 29.7 Å². The Morgan fingerprint density at radius 2 is 2.12 bits per heavy atom. The molecule has 0 aliphatic carbocycles. The van der Waals surface area contributed by atoms with Crippen LogP contribution in [0.25, 0.3) is 0 Å². The zero-order valence-corrected chi connectivity index (χ0v) is 17.0. The molecule has 3 rings (SSSR count). The summed E-state index contributed by atoms with van der Waals surface area (Å²) in [5.41, 5.74) is 1.10. The number of hydrogen-bond acceptors (Lipinski definition) is 5. The highest BCUT2D eigenvalue weighted by atomic mass is 35.5. The summed E-state index contributed by atoms with van der Waals surface area (Å²) in [5, 5.41) is 6.63. The van der Waals surface area contributed by atoms with E-state index in [9.17, 15) is 4.79 Å². The second-order valence-electron chi connectivity index (χ2n) is 7.49. The first-order chi connectivity index (χ1) is 11.5. The molecule has 25 heavy (non-hydrogen) atoms. The lowest BCUT2D eigenvalue weighted by Crippen LogP contribution is -2.45. The Hall–Kier alpha value is -0.690. The van der Waals surface area contributed by atoms with Gasteiger partial charge in [-0.15, -0.1) is 23.7 Å². The van der Waals surface area contributed by atoms with Crippen LogP contribution in [0.1, 0.15) is 37.4 Å². The molecule has 2 aliphatic heterocycles. The Labute approximate surface area is 160 Å². The van der Waals surface area contributed by atoms with E-state index in [2.05, 4.69) is 34.4 Å². The Bertz CT molecular complexity index is 560. The Kier molecular flexibility index (Phi) is 7.68. The molecule has 7 heteroatoms. The smallest absolute Gasteiger partial charge is 0.223 e. The lowest BCUT2D eigenvalue weighted by molar-refractivity contribution is -0.128. The largest absolute Gasteiger partial charge is 0.381 e. The number of aryl methyl sites for hydroxylation is 1. The van der Waals surface area contributed by atoms with Crippen molar-refractivity contribution in [1.82, 2.24) is 15.2 Å². The fourth-order valence-corrected chi connectivity index (χ4v) is 4.61. The predicted octanol–water partition coefficient (Wildman–Crippen LogP) is 2.87. The molecular formula is C18H30ClN3O2S. The van der Waals surface area contributed by atoms with Gasteiger partial charge in [-0.25, -0.2) is 4.98 Å². The van der Waals surface area contributed by atoms with Crippen molar-refractivity contribution in [2.45, 2.75) is 46.2 Å². The van der Waals surface area contributed by atoms with Gasteiger partial charge in [-0.3, -0.25) is 9.69 Å². The Morgan fingerprint density at radius 3 is 2.72 bits per heavy atom. The van der Waals surface area contributed by atoms with Gasteiger partial charge in [0.15, 0.2) is 0 Å². The van der Waals surface area contributed by atoms with Crippen LogP contribution in [0.4, 0.5) is 0 Å². The van der Waals surface area contributed by atoms with Gasteiger partial charge in [0.1, 0.15) is 5.01 Å². The summed E-state index contributed by atoms with van der Waals surface area (Å²) < 4.78 is 5.37. The fraction of sp³-hybridized carbons (Fsp3) is 0.778. The number of halogens is 1. The maximum absolute atomic E-state index is 12.6. The van der Waals surface area contributed by atoms with Crippen LogP contribution in [0.2, 0.25) is 0 Å². The highest BCUT2D eigenvalue weighted by Gasteiger charge is 2.37. The first-order valence-corrected chi connectivity index (χ1v) is 9.92. The van der Waals surface area contributed by atoms with Crippen LogP contribution in [0.5, 0.6) is 0 Å². The van der Waals surface area contributed by atoms with E-state index < -0.39 is 0 Å². The maximum Gasteiger partial charge on any atom is 0.223 e. The van der Waals surface area contributed by atoms with Gasteiger partial charge >= 0.3 is 0 Å². The molecule has 0 aromatic carbocycles. The molecule has 2 fully saturated rings. The molecule has 0 spiro atoms. The second kappa shape index (κ2) is 9.31. The average molecular weight is 388 g/mol. The van der Waals surface area contributed by atoms with Crippen LogP contribution in [0, 0.1) is 24.7 Å². The number of nitrogens with one attached hydrogen (secondary N) is 1. The molecule has 0 unspecified atom stereocenters. The number of likely N-dealkylation sites (tertiary alicyclic amines) is 1. The molecule has 0 radical (unpaired) electrons. The molecule has 1 amide bonds. The van der Waals surface area contributed by atoms with Crippen LogP contribution in [-0.2, 0) is 16.1 Å². The van der Waals surface area contributed by atoms with Gasteiger partial charge in [-0.2, -0.15) is 0 Å². The van der Waals surface area contributed by atoms with Crippen molar-refractivity contribution in [1.29, 1.82) is 0 Å². The highest BCUT2D eigenvalue weighted by Crippen LogP contribution is 2.27. The van der Waals surface area contributed by atoms with E-state index in [0.717, 1.165) is 38.2 Å². The molecule has 2 atom stereocenters. The standard InChI is InChI=1S/C18H29N3O2S.ClH/c1-12(2)15-8-21(10-17-19-13(3)11-24-17)9-16(15)20-18(22)14-4-6-23-7-5-14;/h11-12,14-16H,4-10H2,1-3H3,(H,20,22);1H/t15-,16+;/m1./s1. The number of rotatable bonds is 5. The molecule has 142 valence electrons. The number of hydrogen-bond donors (Lipinski definition) is 1. The molecule has 1 aromatic rings. The summed E-state index contributed by atoms with van der Waals surface area (Å²) in [7, 11) is 0. The monoisotopic (exact) mass is 387 g/mol. The molecule has 1 aromatic heterocycles. The molecule has 1 N–H and O–H groups in total. The Balaban J connectivity index is 0.00000225. The molecule has 5 nitrogen and oxygen atoms in total. The van der Waals surface area contributed by atoms with E-state index >= 15 is 0 Å². The molecule has 2 aliphatic rings. The third kappa shape index (κ3) is 5.39. The van der Waals surface area contributed by atoms with Crippen LogP contribution in [0.15, 0.2) is 5.38 Å². The molecule has 2 saturated heterocycles. The van der Waals surface area contributed by atoms with Crippen LogP contribution < -0.4 is 5.32 Å². The van der Waals surface area contributed by atoms with Crippen molar-refractivity contribution in [3.05, 3.63) is 16.1 Å². The minimum Gasteiger partial charge on any atom is -0.381 e. The van der Waals surface area contributed by atoms with Crippen molar-refractivity contribution in [3.63, 3.8) is 0 Å². The van der Waals surface area contributed by atoms with E-state index in [0.29, 0.717) is 25.0 Å². The molecule has 0 saturated carbocycles. The van der Waals surface area contributed by atoms with E-state index in [1.54, 1.807) is 11.3 Å². The zero-order chi connectivity index (χ0) is 17.1. The van der Waals surface area contributed by atoms with E-state index in [1.807, 2.05) is 6.92 Å². The lowest BCUT2D eigenvalue weighted by Gasteiger charge is -2.27. The number of aromatic nitrogens is 1. The first kappa shape index (κ1) is 20.6. The van der Waals surface area contributed by atoms with Gasteiger partial charge in [0.2, 0.25) is 5.91 Å². The van der Waals surface area contributed by atoms with Gasteiger partial charge in [-0.05, 0) is 31.6 Å². The van der Waals surface area contributed by atoms with Crippen LogP contribution >= 0.6 is 23.7 Å². The van der Waals surface area contributed by atoms with Gasteiger partial charge < -0.3 is 10.1 Å². The normalized spacial score (nSPS) is 25.1. The third-order valence-electron chi connectivity index (χ3n) is 5.24. The summed E-state index contributed by atoms with van der Waals surface area (Å²) in [4.78, 5) is 19.6. The number of carbonyl (C=O) groups is 1. The Morgan fingerprint density at radius 1 is 1.40 bits per heavy atom. The van der Waals surface area contributed by atoms with Gasteiger partial charge in [0, 0.05) is 49.3 Å². The third-order valence-corrected chi connectivity index (χ3v) is 6.19. The topological polar surface area (TPSA) is 54.5 Å². The minimum atomic E-state index is 0. The quantitative estimate of drug-likeness (QED) is 0.844. The molecular weight excluding hydrogens is 358 g/mol. The zero-order valence-electron chi connectivity index (χ0n) is 15.4. The van der Waals surface area contributed by atoms with E-state index in [-0.39, 0.29) is 30.3 Å². The van der Waals surface area contributed by atoms with Crippen LogP contribution in [0.3, 0.4) is 0 Å². The van der Waals surface area contributed by atoms with Crippen molar-refractivity contribution < 1.29 is 9.53 Å². The lowest BCUT2D eigenvalue weighted by atomic mass is 9.90. The fourth-order valence-electron chi connectivity index (χ4n) is 3.80. The second-order valence-corrected chi connectivity index (χ2v) is 8.43. The predicted molar refractivity (Wildman–Crippen MR) is 103 cm³/mol. The summed E-state index contributed by atoms with van der Waals surface area (Å²) in [5.74, 6) is 1.42. The van der Waals surface area contributed by atoms with Crippen molar-refractivity contribution in [2.24, 2.45) is 17.8 Å². The number of ether oxygens (including phenoxy) is 1. The van der Waals surface area contributed by atoms with Gasteiger partial charge in [-0.1, -0.05) is 13.8 Å². The molecule has 0 bridgehead atoms. The number of thiazole rings is 1. The summed E-state index contributed by atoms with van der Waals surface area (Å²) >= 11 is 1.73. The van der Waals surface area contributed by atoms with Crippen LogP contribution in [-0.4, -0.2) is 48.1 Å². The summed E-state index contributed by atoms with van der Waals surface area (Å²) in [6, 6.07) is 0.251. The van der Waals surface area contributed by atoms with E-state index in [1.165, 1.54) is 5.01 Å². The van der Waals surface area contributed by atoms with Gasteiger partial charge in [0.25, 0.3) is 0 Å². The maximum atomic E-state index is 12.6. The highest BCUT2D eigenvalue weighted by molar-refractivity contribution is 7.09. The van der Waals surface area contributed by atoms with Crippen molar-refractivity contribution in [2.75, 3.05) is 26.3 Å². The SMILES string of the molecule is Cc1csc(CN2C[C@H](NC(=O)C3CCOCC3)[C@@H](C(C)C)C2)n1.Cl. The summed E-state index contributed by atoms with van der Waals surface area (Å²) in [6.07, 6.45) is 1.71. The minimum absolute atomic E-state index is 0. The first-order valence-electron chi connectivity index (χ1n) is 9.04. The number of carbonyl (C=O) groups excluding carboxylic acids is 1. The van der Waals surface area contributed by atoms with E-state index in [4.69, 9.17) is 4.74 Å².